The largest absolute Gasteiger partial charge is 0.454 e. The normalized spacial score (nSPS) is 12.7. The second kappa shape index (κ2) is 7.28. The Hall–Kier alpha value is -3.86. The van der Waals surface area contributed by atoms with Crippen LogP contribution < -0.4 is 14.9 Å². The Balaban J connectivity index is 1.38. The molecule has 1 amide bonds. The third-order valence-electron chi connectivity index (χ3n) is 5.00. The fourth-order valence-electron chi connectivity index (χ4n) is 3.63. The van der Waals surface area contributed by atoms with Crippen LogP contribution in [0.25, 0.3) is 21.5 Å². The number of ether oxygens (including phenoxy) is 2. The van der Waals surface area contributed by atoms with Gasteiger partial charge >= 0.3 is 0 Å². The SMILES string of the molecule is O=C(Cc1ccc2c(c1)OCO2)N/N=C\c1c2ccccc2cc2ccccc12. The highest BCUT2D eigenvalue weighted by molar-refractivity contribution is 6.13. The molecule has 5 nitrogen and oxygen atoms in total. The molecule has 0 unspecified atom stereocenters. The van der Waals surface area contributed by atoms with Gasteiger partial charge in [-0.1, -0.05) is 54.6 Å². The molecule has 5 heteroatoms. The maximum Gasteiger partial charge on any atom is 0.244 e. The van der Waals surface area contributed by atoms with Crippen LogP contribution in [-0.2, 0) is 11.2 Å². The molecule has 142 valence electrons. The van der Waals surface area contributed by atoms with Crippen molar-refractivity contribution >= 4 is 33.7 Å². The van der Waals surface area contributed by atoms with Crippen LogP contribution in [0.5, 0.6) is 11.5 Å². The highest BCUT2D eigenvalue weighted by Gasteiger charge is 2.14. The lowest BCUT2D eigenvalue weighted by molar-refractivity contribution is -0.120. The van der Waals surface area contributed by atoms with E-state index in [2.05, 4.69) is 40.9 Å². The summed E-state index contributed by atoms with van der Waals surface area (Å²) in [6.45, 7) is 0.217. The number of carbonyl (C=O) groups is 1. The first kappa shape index (κ1) is 17.3. The minimum Gasteiger partial charge on any atom is -0.454 e. The molecule has 1 aliphatic rings. The molecule has 0 fully saturated rings. The van der Waals surface area contributed by atoms with Gasteiger partial charge < -0.3 is 9.47 Å². The number of benzene rings is 4. The Morgan fingerprint density at radius 3 is 2.34 bits per heavy atom. The fraction of sp³-hybridized carbons (Fsp3) is 0.0833. The van der Waals surface area contributed by atoms with Gasteiger partial charge in [0.15, 0.2) is 11.5 Å². The maximum absolute atomic E-state index is 12.3. The van der Waals surface area contributed by atoms with E-state index in [0.29, 0.717) is 11.5 Å². The first-order chi connectivity index (χ1) is 14.3. The Labute approximate surface area is 167 Å². The van der Waals surface area contributed by atoms with E-state index in [1.807, 2.05) is 42.5 Å². The zero-order valence-electron chi connectivity index (χ0n) is 15.6. The summed E-state index contributed by atoms with van der Waals surface area (Å²) >= 11 is 0. The predicted molar refractivity (Wildman–Crippen MR) is 113 cm³/mol. The van der Waals surface area contributed by atoms with E-state index in [9.17, 15) is 4.79 Å². The van der Waals surface area contributed by atoms with E-state index < -0.39 is 0 Å². The number of carbonyl (C=O) groups excluding carboxylic acids is 1. The van der Waals surface area contributed by atoms with Crippen LogP contribution in [0.2, 0.25) is 0 Å². The topological polar surface area (TPSA) is 59.9 Å². The molecule has 0 aromatic heterocycles. The summed E-state index contributed by atoms with van der Waals surface area (Å²) in [6.07, 6.45) is 1.94. The van der Waals surface area contributed by atoms with E-state index in [1.165, 1.54) is 0 Å². The Kier molecular flexibility index (Phi) is 4.33. The molecule has 0 bridgehead atoms. The third-order valence-corrected chi connectivity index (χ3v) is 5.00. The number of fused-ring (bicyclic) bond motifs is 3. The van der Waals surface area contributed by atoms with E-state index in [4.69, 9.17) is 9.47 Å². The number of nitrogens with one attached hydrogen (secondary N) is 1. The number of hydrogen-bond acceptors (Lipinski definition) is 4. The van der Waals surface area contributed by atoms with Crippen LogP contribution in [0.3, 0.4) is 0 Å². The van der Waals surface area contributed by atoms with Crippen molar-refractivity contribution < 1.29 is 14.3 Å². The van der Waals surface area contributed by atoms with Crippen molar-refractivity contribution in [2.75, 3.05) is 6.79 Å². The zero-order chi connectivity index (χ0) is 19.6. The lowest BCUT2D eigenvalue weighted by Gasteiger charge is -2.08. The summed E-state index contributed by atoms with van der Waals surface area (Å²) in [5.41, 5.74) is 4.47. The van der Waals surface area contributed by atoms with Gasteiger partial charge in [0.2, 0.25) is 12.7 Å². The molecular formula is C24H18N2O3. The van der Waals surface area contributed by atoms with Crippen molar-refractivity contribution in [2.24, 2.45) is 5.10 Å². The molecule has 0 atom stereocenters. The van der Waals surface area contributed by atoms with E-state index in [0.717, 1.165) is 32.7 Å². The van der Waals surface area contributed by atoms with Gasteiger partial charge in [-0.25, -0.2) is 5.43 Å². The van der Waals surface area contributed by atoms with Gasteiger partial charge in [-0.2, -0.15) is 5.10 Å². The molecule has 1 aliphatic heterocycles. The van der Waals surface area contributed by atoms with Gasteiger partial charge in [-0.15, -0.1) is 0 Å². The molecule has 1 N–H and O–H groups in total. The van der Waals surface area contributed by atoms with E-state index >= 15 is 0 Å². The van der Waals surface area contributed by atoms with Gasteiger partial charge in [-0.3, -0.25) is 4.79 Å². The second-order valence-corrected chi connectivity index (χ2v) is 6.89. The average molecular weight is 382 g/mol. The van der Waals surface area contributed by atoms with Crippen molar-refractivity contribution in [3.05, 3.63) is 83.9 Å². The summed E-state index contributed by atoms with van der Waals surface area (Å²) < 4.78 is 10.7. The van der Waals surface area contributed by atoms with Gasteiger partial charge in [0.1, 0.15) is 0 Å². The zero-order valence-corrected chi connectivity index (χ0v) is 15.6. The number of nitrogens with zero attached hydrogens (tertiary/aromatic N) is 1. The van der Waals surface area contributed by atoms with Crippen LogP contribution in [-0.4, -0.2) is 18.9 Å². The lowest BCUT2D eigenvalue weighted by atomic mass is 9.97. The van der Waals surface area contributed by atoms with Crippen molar-refractivity contribution in [2.45, 2.75) is 6.42 Å². The molecule has 4 aromatic carbocycles. The third kappa shape index (κ3) is 3.38. The summed E-state index contributed by atoms with van der Waals surface area (Å²) in [4.78, 5) is 12.3. The maximum atomic E-state index is 12.3. The minimum atomic E-state index is -0.190. The molecular weight excluding hydrogens is 364 g/mol. The number of amides is 1. The summed E-state index contributed by atoms with van der Waals surface area (Å²) in [7, 11) is 0. The molecule has 0 saturated heterocycles. The van der Waals surface area contributed by atoms with Crippen LogP contribution in [0, 0.1) is 0 Å². The number of hydrogen-bond donors (Lipinski definition) is 1. The summed E-state index contributed by atoms with van der Waals surface area (Å²) in [5, 5.41) is 8.70. The van der Waals surface area contributed by atoms with Gasteiger partial charge in [-0.05, 0) is 45.3 Å². The standard InChI is InChI=1S/C24H18N2O3/c27-24(12-16-9-10-22-23(11-16)29-15-28-22)26-25-14-21-19-7-3-1-5-17(19)13-18-6-2-4-8-20(18)21/h1-11,13-14H,12,15H2,(H,26,27)/b25-14-. The van der Waals surface area contributed by atoms with Gasteiger partial charge in [0.05, 0.1) is 12.6 Å². The summed E-state index contributed by atoms with van der Waals surface area (Å²) in [6, 6.07) is 24.0. The van der Waals surface area contributed by atoms with Crippen molar-refractivity contribution in [3.63, 3.8) is 0 Å². The molecule has 29 heavy (non-hydrogen) atoms. The fourth-order valence-corrected chi connectivity index (χ4v) is 3.63. The van der Waals surface area contributed by atoms with Crippen molar-refractivity contribution in [1.82, 2.24) is 5.43 Å². The molecule has 0 saturated carbocycles. The van der Waals surface area contributed by atoms with Gasteiger partial charge in [0.25, 0.3) is 0 Å². The predicted octanol–water partition coefficient (Wildman–Crippen LogP) is 4.41. The molecule has 5 rings (SSSR count). The van der Waals surface area contributed by atoms with Crippen LogP contribution >= 0.6 is 0 Å². The Bertz CT molecular complexity index is 1210. The van der Waals surface area contributed by atoms with Crippen molar-refractivity contribution in [3.8, 4) is 11.5 Å². The quantitative estimate of drug-likeness (QED) is 0.323. The van der Waals surface area contributed by atoms with Crippen LogP contribution in [0.1, 0.15) is 11.1 Å². The smallest absolute Gasteiger partial charge is 0.244 e. The van der Waals surface area contributed by atoms with E-state index in [-0.39, 0.29) is 19.1 Å². The Morgan fingerprint density at radius 1 is 0.897 bits per heavy atom. The highest BCUT2D eigenvalue weighted by Crippen LogP contribution is 2.32. The Morgan fingerprint density at radius 2 is 1.59 bits per heavy atom. The van der Waals surface area contributed by atoms with Crippen LogP contribution in [0.15, 0.2) is 77.9 Å². The first-order valence-corrected chi connectivity index (χ1v) is 9.39. The monoisotopic (exact) mass is 382 g/mol. The van der Waals surface area contributed by atoms with Crippen molar-refractivity contribution in [1.29, 1.82) is 0 Å². The highest BCUT2D eigenvalue weighted by atomic mass is 16.7. The van der Waals surface area contributed by atoms with Gasteiger partial charge in [0, 0.05) is 5.56 Å². The second-order valence-electron chi connectivity index (χ2n) is 6.89. The molecule has 1 heterocycles. The molecule has 0 aliphatic carbocycles. The number of hydrazone groups is 1. The molecule has 0 spiro atoms. The molecule has 4 aromatic rings. The number of rotatable bonds is 4. The van der Waals surface area contributed by atoms with E-state index in [1.54, 1.807) is 6.21 Å². The molecule has 0 radical (unpaired) electrons. The first-order valence-electron chi connectivity index (χ1n) is 9.39. The van der Waals surface area contributed by atoms with Crippen LogP contribution in [0.4, 0.5) is 0 Å². The lowest BCUT2D eigenvalue weighted by Crippen LogP contribution is -2.19. The average Bonchev–Trinajstić information content (AvgIpc) is 3.21. The summed E-state index contributed by atoms with van der Waals surface area (Å²) in [5.74, 6) is 1.18. The minimum absolute atomic E-state index is 0.190.